The van der Waals surface area contributed by atoms with Crippen molar-refractivity contribution in [2.45, 2.75) is 18.9 Å². The maximum atomic E-state index is 3.85. The third-order valence-corrected chi connectivity index (χ3v) is 3.95. The van der Waals surface area contributed by atoms with Crippen LogP contribution in [0.2, 0.25) is 0 Å². The van der Waals surface area contributed by atoms with Gasteiger partial charge in [0.05, 0.1) is 6.04 Å². The molecule has 1 nitrogen and oxygen atoms in total. The van der Waals surface area contributed by atoms with Crippen molar-refractivity contribution in [1.29, 1.82) is 0 Å². The Kier molecular flexibility index (Phi) is 4.55. The lowest BCUT2D eigenvalue weighted by Gasteiger charge is -2.20. The van der Waals surface area contributed by atoms with Crippen LogP contribution in [0.3, 0.4) is 0 Å². The van der Waals surface area contributed by atoms with Gasteiger partial charge in [-0.1, -0.05) is 66.7 Å². The molecule has 1 atom stereocenters. The first-order valence-corrected chi connectivity index (χ1v) is 7.78. The van der Waals surface area contributed by atoms with E-state index in [-0.39, 0.29) is 0 Å². The number of rotatable bonds is 6. The van der Waals surface area contributed by atoms with Crippen LogP contribution in [0.25, 0.3) is 10.8 Å². The SMILES string of the molecule is C=CCCC(Nc1ccc2ccccc2c1)c1ccccc1. The number of nitrogens with one attached hydrogen (secondary N) is 1. The van der Waals surface area contributed by atoms with Crippen molar-refractivity contribution in [3.8, 4) is 0 Å². The van der Waals surface area contributed by atoms with Crippen LogP contribution in [-0.4, -0.2) is 0 Å². The summed E-state index contributed by atoms with van der Waals surface area (Å²) >= 11 is 0. The minimum absolute atomic E-state index is 0.306. The Labute approximate surface area is 132 Å². The molecular formula is C21H21N. The lowest BCUT2D eigenvalue weighted by molar-refractivity contribution is 0.705. The van der Waals surface area contributed by atoms with Gasteiger partial charge in [-0.3, -0.25) is 0 Å². The highest BCUT2D eigenvalue weighted by molar-refractivity contribution is 5.85. The number of anilines is 1. The van der Waals surface area contributed by atoms with E-state index < -0.39 is 0 Å². The van der Waals surface area contributed by atoms with Crippen LogP contribution in [0.1, 0.15) is 24.4 Å². The Balaban J connectivity index is 1.86. The molecule has 0 fully saturated rings. The smallest absolute Gasteiger partial charge is 0.0516 e. The minimum Gasteiger partial charge on any atom is -0.378 e. The van der Waals surface area contributed by atoms with Gasteiger partial charge in [0.1, 0.15) is 0 Å². The average molecular weight is 287 g/mol. The molecule has 0 aliphatic heterocycles. The van der Waals surface area contributed by atoms with Crippen molar-refractivity contribution >= 4 is 16.5 Å². The molecular weight excluding hydrogens is 266 g/mol. The largest absolute Gasteiger partial charge is 0.378 e. The van der Waals surface area contributed by atoms with E-state index in [1.54, 1.807) is 0 Å². The molecule has 1 N–H and O–H groups in total. The summed E-state index contributed by atoms with van der Waals surface area (Å²) in [5.74, 6) is 0. The standard InChI is InChI=1S/C21H21N/c1-2-3-13-21(18-10-5-4-6-11-18)22-20-15-14-17-9-7-8-12-19(17)16-20/h2,4-12,14-16,21-22H,1,3,13H2. The van der Waals surface area contributed by atoms with E-state index in [1.807, 2.05) is 6.08 Å². The second kappa shape index (κ2) is 6.95. The number of hydrogen-bond donors (Lipinski definition) is 1. The minimum atomic E-state index is 0.306. The summed E-state index contributed by atoms with van der Waals surface area (Å²) in [6.45, 7) is 3.85. The molecule has 0 saturated heterocycles. The molecule has 0 aliphatic carbocycles. The molecule has 22 heavy (non-hydrogen) atoms. The van der Waals surface area contributed by atoms with Gasteiger partial charge in [-0.25, -0.2) is 0 Å². The maximum absolute atomic E-state index is 3.85. The van der Waals surface area contributed by atoms with E-state index in [1.165, 1.54) is 16.3 Å². The average Bonchev–Trinajstić information content (AvgIpc) is 2.59. The summed E-state index contributed by atoms with van der Waals surface area (Å²) in [5.41, 5.74) is 2.48. The number of benzene rings is 3. The van der Waals surface area contributed by atoms with E-state index in [2.05, 4.69) is 84.7 Å². The van der Waals surface area contributed by atoms with Gasteiger partial charge in [-0.2, -0.15) is 0 Å². The monoisotopic (exact) mass is 287 g/mol. The molecule has 0 radical (unpaired) electrons. The predicted molar refractivity (Wildman–Crippen MR) is 96.2 cm³/mol. The van der Waals surface area contributed by atoms with Crippen LogP contribution in [0.4, 0.5) is 5.69 Å². The van der Waals surface area contributed by atoms with Gasteiger partial charge in [-0.05, 0) is 41.3 Å². The van der Waals surface area contributed by atoms with E-state index in [0.717, 1.165) is 18.5 Å². The van der Waals surface area contributed by atoms with Crippen LogP contribution in [0, 0.1) is 0 Å². The van der Waals surface area contributed by atoms with E-state index >= 15 is 0 Å². The molecule has 3 aromatic carbocycles. The number of hydrogen-bond acceptors (Lipinski definition) is 1. The van der Waals surface area contributed by atoms with Crippen LogP contribution < -0.4 is 5.32 Å². The first-order chi connectivity index (χ1) is 10.9. The van der Waals surface area contributed by atoms with E-state index in [0.29, 0.717) is 6.04 Å². The number of fused-ring (bicyclic) bond motifs is 1. The van der Waals surface area contributed by atoms with Crippen LogP contribution >= 0.6 is 0 Å². The first kappa shape index (κ1) is 14.4. The van der Waals surface area contributed by atoms with Crippen molar-refractivity contribution in [3.05, 3.63) is 91.0 Å². The second-order valence-electron chi connectivity index (χ2n) is 5.54. The lowest BCUT2D eigenvalue weighted by atomic mass is 10.0. The summed E-state index contributed by atoms with van der Waals surface area (Å²) in [5, 5.41) is 6.21. The Bertz CT molecular complexity index is 746. The molecule has 1 unspecified atom stereocenters. The highest BCUT2D eigenvalue weighted by atomic mass is 14.9. The van der Waals surface area contributed by atoms with Gasteiger partial charge in [0.25, 0.3) is 0 Å². The zero-order valence-corrected chi connectivity index (χ0v) is 12.7. The molecule has 3 aromatic rings. The molecule has 0 aliphatic rings. The van der Waals surface area contributed by atoms with E-state index in [9.17, 15) is 0 Å². The molecule has 0 spiro atoms. The topological polar surface area (TPSA) is 12.0 Å². The molecule has 0 saturated carbocycles. The summed E-state index contributed by atoms with van der Waals surface area (Å²) < 4.78 is 0. The Morgan fingerprint density at radius 2 is 1.59 bits per heavy atom. The zero-order valence-electron chi connectivity index (χ0n) is 12.7. The third kappa shape index (κ3) is 3.37. The molecule has 1 heteroatoms. The second-order valence-corrected chi connectivity index (χ2v) is 5.54. The van der Waals surface area contributed by atoms with Crippen LogP contribution in [0.15, 0.2) is 85.5 Å². The van der Waals surface area contributed by atoms with Crippen molar-refractivity contribution in [2.75, 3.05) is 5.32 Å². The Hall–Kier alpha value is -2.54. The van der Waals surface area contributed by atoms with Gasteiger partial charge in [0, 0.05) is 5.69 Å². The molecule has 0 bridgehead atoms. The quantitative estimate of drug-likeness (QED) is 0.552. The fourth-order valence-electron chi connectivity index (χ4n) is 2.77. The molecule has 0 heterocycles. The predicted octanol–water partition coefficient (Wildman–Crippen LogP) is 5.96. The number of allylic oxidation sites excluding steroid dienone is 1. The first-order valence-electron chi connectivity index (χ1n) is 7.78. The molecule has 0 amide bonds. The highest BCUT2D eigenvalue weighted by Crippen LogP contribution is 2.26. The third-order valence-electron chi connectivity index (χ3n) is 3.95. The van der Waals surface area contributed by atoms with Crippen LogP contribution in [0.5, 0.6) is 0 Å². The van der Waals surface area contributed by atoms with Gasteiger partial charge >= 0.3 is 0 Å². The lowest BCUT2D eigenvalue weighted by Crippen LogP contribution is -2.10. The highest BCUT2D eigenvalue weighted by Gasteiger charge is 2.10. The van der Waals surface area contributed by atoms with E-state index in [4.69, 9.17) is 0 Å². The summed E-state index contributed by atoms with van der Waals surface area (Å²) in [7, 11) is 0. The van der Waals surface area contributed by atoms with Gasteiger partial charge in [-0.15, -0.1) is 6.58 Å². The fourth-order valence-corrected chi connectivity index (χ4v) is 2.77. The summed E-state index contributed by atoms with van der Waals surface area (Å²) in [6, 6.07) is 25.9. The maximum Gasteiger partial charge on any atom is 0.0516 e. The van der Waals surface area contributed by atoms with Crippen molar-refractivity contribution in [3.63, 3.8) is 0 Å². The van der Waals surface area contributed by atoms with Crippen molar-refractivity contribution in [1.82, 2.24) is 0 Å². The van der Waals surface area contributed by atoms with Gasteiger partial charge in [0.2, 0.25) is 0 Å². The Morgan fingerprint density at radius 3 is 2.36 bits per heavy atom. The van der Waals surface area contributed by atoms with Gasteiger partial charge in [0.15, 0.2) is 0 Å². The van der Waals surface area contributed by atoms with Crippen molar-refractivity contribution in [2.24, 2.45) is 0 Å². The normalized spacial score (nSPS) is 12.0. The molecule has 3 rings (SSSR count). The van der Waals surface area contributed by atoms with Crippen molar-refractivity contribution < 1.29 is 0 Å². The zero-order chi connectivity index (χ0) is 15.2. The van der Waals surface area contributed by atoms with Gasteiger partial charge < -0.3 is 5.32 Å². The molecule has 0 aromatic heterocycles. The molecule has 110 valence electrons. The summed E-state index contributed by atoms with van der Waals surface area (Å²) in [6.07, 6.45) is 4.03. The van der Waals surface area contributed by atoms with Crippen LogP contribution in [-0.2, 0) is 0 Å². The summed E-state index contributed by atoms with van der Waals surface area (Å²) in [4.78, 5) is 0. The fraction of sp³-hybridized carbons (Fsp3) is 0.143. The Morgan fingerprint density at radius 1 is 0.864 bits per heavy atom.